The Bertz CT molecular complexity index is 721. The first kappa shape index (κ1) is 21.1. The summed E-state index contributed by atoms with van der Waals surface area (Å²) in [7, 11) is 0. The lowest BCUT2D eigenvalue weighted by Crippen LogP contribution is -2.46. The Morgan fingerprint density at radius 2 is 1.93 bits per heavy atom. The molecule has 3 N–H and O–H groups in total. The molecule has 1 fully saturated rings. The van der Waals surface area contributed by atoms with Gasteiger partial charge in [-0.25, -0.2) is 4.79 Å². The first-order chi connectivity index (χ1) is 13.3. The van der Waals surface area contributed by atoms with Gasteiger partial charge in [0, 0.05) is 38.2 Å². The molecule has 2 rings (SSSR count). The van der Waals surface area contributed by atoms with Crippen molar-refractivity contribution in [3.05, 3.63) is 39.9 Å². The van der Waals surface area contributed by atoms with E-state index in [0.717, 1.165) is 12.8 Å². The normalized spacial score (nSPS) is 16.3. The van der Waals surface area contributed by atoms with E-state index in [0.29, 0.717) is 25.1 Å². The molecule has 3 amide bonds. The molecule has 1 atom stereocenters. The summed E-state index contributed by atoms with van der Waals surface area (Å²) < 4.78 is 0. The van der Waals surface area contributed by atoms with Crippen LogP contribution in [-0.2, 0) is 16.1 Å². The number of nitro benzene ring substituents is 1. The average Bonchev–Trinajstić information content (AvgIpc) is 2.69. The number of benzene rings is 1. The molecule has 10 heteroatoms. The van der Waals surface area contributed by atoms with E-state index in [1.165, 1.54) is 12.1 Å². The molecule has 1 heterocycles. The topological polar surface area (TPSA) is 142 Å². The molecule has 1 unspecified atom stereocenters. The molecule has 0 aromatic heterocycles. The van der Waals surface area contributed by atoms with E-state index in [9.17, 15) is 24.5 Å². The maximum Gasteiger partial charge on any atom is 0.315 e. The Balaban J connectivity index is 1.70. The van der Waals surface area contributed by atoms with Crippen LogP contribution < -0.4 is 10.6 Å². The summed E-state index contributed by atoms with van der Waals surface area (Å²) in [6.45, 7) is 1.16. The van der Waals surface area contributed by atoms with Crippen molar-refractivity contribution in [1.82, 2.24) is 15.5 Å². The minimum absolute atomic E-state index is 0.0259. The number of non-ortho nitro benzene ring substituents is 1. The van der Waals surface area contributed by atoms with Gasteiger partial charge in [-0.2, -0.15) is 0 Å². The van der Waals surface area contributed by atoms with Gasteiger partial charge in [-0.15, -0.1) is 0 Å². The summed E-state index contributed by atoms with van der Waals surface area (Å²) in [4.78, 5) is 46.6. The van der Waals surface area contributed by atoms with Crippen molar-refractivity contribution in [3.8, 4) is 0 Å². The number of hydrogen-bond donors (Lipinski definition) is 3. The first-order valence-electron chi connectivity index (χ1n) is 9.09. The summed E-state index contributed by atoms with van der Waals surface area (Å²) in [6.07, 6.45) is 2.36. The van der Waals surface area contributed by atoms with E-state index in [-0.39, 0.29) is 37.0 Å². The fraction of sp³-hybridized carbons (Fsp3) is 0.500. The van der Waals surface area contributed by atoms with Gasteiger partial charge in [-0.05, 0) is 30.7 Å². The number of likely N-dealkylation sites (tertiary alicyclic amines) is 1. The highest BCUT2D eigenvalue weighted by Gasteiger charge is 2.24. The van der Waals surface area contributed by atoms with Crippen molar-refractivity contribution in [2.24, 2.45) is 5.92 Å². The van der Waals surface area contributed by atoms with E-state index in [1.807, 2.05) is 0 Å². The molecule has 10 nitrogen and oxygen atoms in total. The number of hydrogen-bond acceptors (Lipinski definition) is 5. The Labute approximate surface area is 162 Å². The van der Waals surface area contributed by atoms with Crippen LogP contribution >= 0.6 is 0 Å². The second-order valence-electron chi connectivity index (χ2n) is 6.74. The van der Waals surface area contributed by atoms with Gasteiger partial charge in [-0.1, -0.05) is 12.1 Å². The van der Waals surface area contributed by atoms with Crippen LogP contribution in [0.3, 0.4) is 0 Å². The van der Waals surface area contributed by atoms with Crippen LogP contribution in [0.1, 0.15) is 31.2 Å². The minimum atomic E-state index is -0.838. The molecule has 1 aromatic rings. The maximum absolute atomic E-state index is 12.3. The van der Waals surface area contributed by atoms with Gasteiger partial charge in [-0.3, -0.25) is 19.7 Å². The number of piperidine rings is 1. The van der Waals surface area contributed by atoms with Crippen molar-refractivity contribution < 1.29 is 24.4 Å². The summed E-state index contributed by atoms with van der Waals surface area (Å²) in [6, 6.07) is 5.31. The zero-order valence-corrected chi connectivity index (χ0v) is 15.4. The van der Waals surface area contributed by atoms with E-state index < -0.39 is 16.9 Å². The van der Waals surface area contributed by atoms with Gasteiger partial charge >= 0.3 is 12.0 Å². The summed E-state index contributed by atoms with van der Waals surface area (Å²) >= 11 is 0. The highest BCUT2D eigenvalue weighted by atomic mass is 16.6. The van der Waals surface area contributed by atoms with E-state index in [2.05, 4.69) is 10.6 Å². The number of amides is 3. The second kappa shape index (κ2) is 10.2. The molecule has 1 saturated heterocycles. The van der Waals surface area contributed by atoms with Gasteiger partial charge in [0.1, 0.15) is 0 Å². The fourth-order valence-electron chi connectivity index (χ4n) is 3.10. The number of carboxylic acid groups (broad SMARTS) is 1. The Morgan fingerprint density at radius 1 is 1.21 bits per heavy atom. The quantitative estimate of drug-likeness (QED) is 0.452. The van der Waals surface area contributed by atoms with E-state index >= 15 is 0 Å². The van der Waals surface area contributed by atoms with Crippen molar-refractivity contribution in [1.29, 1.82) is 0 Å². The highest BCUT2D eigenvalue weighted by molar-refractivity contribution is 5.84. The summed E-state index contributed by atoms with van der Waals surface area (Å²) in [5.41, 5.74) is 0.673. The maximum atomic E-state index is 12.3. The molecular formula is C18H24N4O6. The molecule has 28 heavy (non-hydrogen) atoms. The smallest absolute Gasteiger partial charge is 0.315 e. The standard InChI is InChI=1S/C18H24N4O6/c23-16(21-9-1-2-14(12-21)5-8-17(24)25)11-20-18(26)19-10-13-3-6-15(7-4-13)22(27)28/h3-4,6-7,14H,1-2,5,8-12H2,(H,24,25)(H2,19,20,26). The lowest BCUT2D eigenvalue weighted by atomic mass is 9.93. The molecular weight excluding hydrogens is 368 g/mol. The number of nitrogens with zero attached hydrogens (tertiary/aromatic N) is 2. The molecule has 0 spiro atoms. The summed E-state index contributed by atoms with van der Waals surface area (Å²) in [5.74, 6) is -0.870. The van der Waals surface area contributed by atoms with Crippen molar-refractivity contribution in [2.45, 2.75) is 32.2 Å². The van der Waals surface area contributed by atoms with Crippen molar-refractivity contribution >= 4 is 23.6 Å². The molecule has 1 aliphatic rings. The molecule has 0 aliphatic carbocycles. The van der Waals surface area contributed by atoms with Crippen LogP contribution in [0.15, 0.2) is 24.3 Å². The number of rotatable bonds is 8. The average molecular weight is 392 g/mol. The lowest BCUT2D eigenvalue weighted by molar-refractivity contribution is -0.384. The van der Waals surface area contributed by atoms with Crippen LogP contribution in [0.4, 0.5) is 10.5 Å². The van der Waals surface area contributed by atoms with Gasteiger partial charge < -0.3 is 20.6 Å². The van der Waals surface area contributed by atoms with Gasteiger partial charge in [0.05, 0.1) is 11.5 Å². The predicted octanol–water partition coefficient (Wildman–Crippen LogP) is 1.50. The number of urea groups is 1. The first-order valence-corrected chi connectivity index (χ1v) is 9.09. The van der Waals surface area contributed by atoms with Crippen LogP contribution in [0.5, 0.6) is 0 Å². The zero-order valence-electron chi connectivity index (χ0n) is 15.4. The third-order valence-corrected chi connectivity index (χ3v) is 4.64. The summed E-state index contributed by atoms with van der Waals surface area (Å²) in [5, 5.41) is 24.5. The molecule has 152 valence electrons. The van der Waals surface area contributed by atoms with Crippen LogP contribution in [0.25, 0.3) is 0 Å². The van der Waals surface area contributed by atoms with Crippen LogP contribution in [0, 0.1) is 16.0 Å². The van der Waals surface area contributed by atoms with Gasteiger partial charge in [0.2, 0.25) is 5.91 Å². The number of nitro groups is 1. The third kappa shape index (κ3) is 6.86. The van der Waals surface area contributed by atoms with E-state index in [1.54, 1.807) is 17.0 Å². The monoisotopic (exact) mass is 392 g/mol. The number of aliphatic carboxylic acids is 1. The SMILES string of the molecule is O=C(O)CCC1CCCN(C(=O)CNC(=O)NCc2ccc([N+](=O)[O-])cc2)C1. The number of nitrogens with one attached hydrogen (secondary N) is 2. The van der Waals surface area contributed by atoms with Gasteiger partial charge in [0.25, 0.3) is 5.69 Å². The highest BCUT2D eigenvalue weighted by Crippen LogP contribution is 2.21. The van der Waals surface area contributed by atoms with Gasteiger partial charge in [0.15, 0.2) is 0 Å². The largest absolute Gasteiger partial charge is 0.481 e. The Hall–Kier alpha value is -3.17. The molecule has 0 bridgehead atoms. The Morgan fingerprint density at radius 3 is 2.57 bits per heavy atom. The predicted molar refractivity (Wildman–Crippen MR) is 99.5 cm³/mol. The molecule has 1 aromatic carbocycles. The van der Waals surface area contributed by atoms with Crippen LogP contribution in [-0.4, -0.2) is 52.5 Å². The van der Waals surface area contributed by atoms with Crippen molar-refractivity contribution in [2.75, 3.05) is 19.6 Å². The zero-order chi connectivity index (χ0) is 20.5. The van der Waals surface area contributed by atoms with Crippen molar-refractivity contribution in [3.63, 3.8) is 0 Å². The fourth-order valence-corrected chi connectivity index (χ4v) is 3.10. The van der Waals surface area contributed by atoms with E-state index in [4.69, 9.17) is 5.11 Å². The number of carboxylic acids is 1. The minimum Gasteiger partial charge on any atom is -0.481 e. The lowest BCUT2D eigenvalue weighted by Gasteiger charge is -2.32. The molecule has 1 aliphatic heterocycles. The number of carbonyl (C=O) groups is 3. The van der Waals surface area contributed by atoms with Crippen LogP contribution in [0.2, 0.25) is 0 Å². The Kier molecular flexibility index (Phi) is 7.73. The third-order valence-electron chi connectivity index (χ3n) is 4.64. The molecule has 0 saturated carbocycles. The number of carbonyl (C=O) groups excluding carboxylic acids is 2. The molecule has 0 radical (unpaired) electrons. The second-order valence-corrected chi connectivity index (χ2v) is 6.74.